The van der Waals surface area contributed by atoms with Crippen LogP contribution in [0.4, 0.5) is 0 Å². The van der Waals surface area contributed by atoms with Gasteiger partial charge in [0.05, 0.1) is 18.6 Å². The van der Waals surface area contributed by atoms with Crippen LogP contribution in [0.2, 0.25) is 0 Å². The molecule has 0 N–H and O–H groups in total. The van der Waals surface area contributed by atoms with Crippen molar-refractivity contribution < 1.29 is 17.9 Å². The van der Waals surface area contributed by atoms with Gasteiger partial charge in [0.25, 0.3) is 0 Å². The highest BCUT2D eigenvalue weighted by atomic mass is 32.2. The molecule has 2 rings (SSSR count). The van der Waals surface area contributed by atoms with Gasteiger partial charge < -0.3 is 9.47 Å². The minimum atomic E-state index is -3.93. The molecule has 0 saturated carbocycles. The number of methoxy groups -OCH3 is 1. The van der Waals surface area contributed by atoms with Crippen LogP contribution < -0.4 is 9.47 Å². The SMILES string of the molecule is CCCCCOc1c(C=C(C#N)S(=O)(=O)c2ccc(C)cc2)cccc1OC. The van der Waals surface area contributed by atoms with Crippen LogP contribution in [0.5, 0.6) is 11.5 Å². The third-order valence-electron chi connectivity index (χ3n) is 4.24. The van der Waals surface area contributed by atoms with Crippen LogP contribution in [0.25, 0.3) is 6.08 Å². The van der Waals surface area contributed by atoms with Crippen molar-refractivity contribution >= 4 is 15.9 Å². The Morgan fingerprint density at radius 1 is 1.14 bits per heavy atom. The predicted molar refractivity (Wildman–Crippen MR) is 110 cm³/mol. The summed E-state index contributed by atoms with van der Waals surface area (Å²) in [6, 6.07) is 13.4. The summed E-state index contributed by atoms with van der Waals surface area (Å²) in [4.78, 5) is -0.262. The standard InChI is InChI=1S/C22H25NO4S/c1-4-5-6-14-27-22-18(8-7-9-21(22)26-3)15-20(16-23)28(24,25)19-12-10-17(2)11-13-19/h7-13,15H,4-6,14H2,1-3H3. The van der Waals surface area contributed by atoms with E-state index < -0.39 is 9.84 Å². The lowest BCUT2D eigenvalue weighted by Crippen LogP contribution is -2.05. The first-order valence-corrected chi connectivity index (χ1v) is 10.7. The molecule has 28 heavy (non-hydrogen) atoms. The van der Waals surface area contributed by atoms with Crippen molar-refractivity contribution in [1.82, 2.24) is 0 Å². The summed E-state index contributed by atoms with van der Waals surface area (Å²) in [6.45, 7) is 4.46. The molecule has 0 bridgehead atoms. The highest BCUT2D eigenvalue weighted by Crippen LogP contribution is 2.34. The molecule has 0 aromatic heterocycles. The first-order chi connectivity index (χ1) is 13.4. The molecule has 6 heteroatoms. The molecule has 5 nitrogen and oxygen atoms in total. The molecule has 0 aliphatic carbocycles. The van der Waals surface area contributed by atoms with Gasteiger partial charge in [0, 0.05) is 5.56 Å². The predicted octanol–water partition coefficient (Wildman–Crippen LogP) is 4.91. The highest BCUT2D eigenvalue weighted by Gasteiger charge is 2.22. The van der Waals surface area contributed by atoms with Gasteiger partial charge in [-0.05, 0) is 37.6 Å². The number of para-hydroxylation sites is 1. The summed E-state index contributed by atoms with van der Waals surface area (Å²) in [5.41, 5.74) is 1.43. The smallest absolute Gasteiger partial charge is 0.216 e. The minimum Gasteiger partial charge on any atom is -0.493 e. The van der Waals surface area contributed by atoms with E-state index in [-0.39, 0.29) is 9.80 Å². The van der Waals surface area contributed by atoms with Crippen molar-refractivity contribution in [2.75, 3.05) is 13.7 Å². The zero-order valence-corrected chi connectivity index (χ0v) is 17.3. The topological polar surface area (TPSA) is 76.4 Å². The van der Waals surface area contributed by atoms with E-state index in [2.05, 4.69) is 6.92 Å². The summed E-state index contributed by atoms with van der Waals surface area (Å²) in [7, 11) is -2.40. The Morgan fingerprint density at radius 2 is 1.86 bits per heavy atom. The van der Waals surface area contributed by atoms with E-state index in [0.717, 1.165) is 24.8 Å². The van der Waals surface area contributed by atoms with Gasteiger partial charge in [-0.1, -0.05) is 49.6 Å². The highest BCUT2D eigenvalue weighted by molar-refractivity contribution is 7.95. The van der Waals surface area contributed by atoms with Crippen LogP contribution in [0.15, 0.2) is 52.3 Å². The summed E-state index contributed by atoms with van der Waals surface area (Å²) in [6.07, 6.45) is 4.32. The molecule has 0 saturated heterocycles. The number of nitriles is 1. The maximum absolute atomic E-state index is 12.9. The largest absolute Gasteiger partial charge is 0.493 e. The Kier molecular flexibility index (Phi) is 7.65. The van der Waals surface area contributed by atoms with Crippen LogP contribution in [-0.4, -0.2) is 22.1 Å². The Balaban J connectivity index is 2.45. The van der Waals surface area contributed by atoms with E-state index in [0.29, 0.717) is 23.7 Å². The number of aryl methyl sites for hydroxylation is 1. The molecule has 0 heterocycles. The summed E-state index contributed by atoms with van der Waals surface area (Å²) in [5, 5.41) is 9.53. The van der Waals surface area contributed by atoms with E-state index >= 15 is 0 Å². The molecular formula is C22H25NO4S. The molecule has 148 valence electrons. The Hall–Kier alpha value is -2.78. The number of unbranched alkanes of at least 4 members (excludes halogenated alkanes) is 2. The van der Waals surface area contributed by atoms with Gasteiger partial charge in [-0.2, -0.15) is 5.26 Å². The molecule has 0 atom stereocenters. The fourth-order valence-electron chi connectivity index (χ4n) is 2.64. The Labute approximate surface area is 167 Å². The summed E-state index contributed by atoms with van der Waals surface area (Å²) >= 11 is 0. The van der Waals surface area contributed by atoms with Gasteiger partial charge in [-0.25, -0.2) is 8.42 Å². The number of hydrogen-bond acceptors (Lipinski definition) is 5. The lowest BCUT2D eigenvalue weighted by Gasteiger charge is -2.13. The van der Waals surface area contributed by atoms with Crippen molar-refractivity contribution in [3.8, 4) is 17.6 Å². The third-order valence-corrected chi connectivity index (χ3v) is 5.92. The molecule has 0 spiro atoms. The normalized spacial score (nSPS) is 11.7. The molecule has 2 aromatic rings. The van der Waals surface area contributed by atoms with Crippen LogP contribution in [0, 0.1) is 18.3 Å². The lowest BCUT2D eigenvalue weighted by atomic mass is 10.1. The van der Waals surface area contributed by atoms with Crippen molar-refractivity contribution in [3.05, 3.63) is 58.5 Å². The Bertz CT molecular complexity index is 971. The maximum Gasteiger partial charge on any atom is 0.216 e. The van der Waals surface area contributed by atoms with Gasteiger partial charge in [0.2, 0.25) is 9.84 Å². The summed E-state index contributed by atoms with van der Waals surface area (Å²) in [5.74, 6) is 0.934. The second-order valence-electron chi connectivity index (χ2n) is 6.37. The molecule has 0 aliphatic rings. The molecule has 0 unspecified atom stereocenters. The monoisotopic (exact) mass is 399 g/mol. The second kappa shape index (κ2) is 9.95. The third kappa shape index (κ3) is 5.14. The van der Waals surface area contributed by atoms with Crippen molar-refractivity contribution in [3.63, 3.8) is 0 Å². The van der Waals surface area contributed by atoms with Crippen molar-refractivity contribution in [1.29, 1.82) is 5.26 Å². The average Bonchev–Trinajstić information content (AvgIpc) is 2.70. The van der Waals surface area contributed by atoms with Gasteiger partial charge in [-0.3, -0.25) is 0 Å². The maximum atomic E-state index is 12.9. The van der Waals surface area contributed by atoms with Gasteiger partial charge in [-0.15, -0.1) is 0 Å². The molecule has 0 amide bonds. The van der Waals surface area contributed by atoms with E-state index in [1.807, 2.05) is 13.0 Å². The molecular weight excluding hydrogens is 374 g/mol. The first-order valence-electron chi connectivity index (χ1n) is 9.17. The fraction of sp³-hybridized carbons (Fsp3) is 0.318. The first kappa shape index (κ1) is 21.5. The Morgan fingerprint density at radius 3 is 2.46 bits per heavy atom. The van der Waals surface area contributed by atoms with Crippen molar-refractivity contribution in [2.45, 2.75) is 38.0 Å². The number of sulfone groups is 1. The average molecular weight is 400 g/mol. The number of hydrogen-bond donors (Lipinski definition) is 0. The number of benzene rings is 2. The minimum absolute atomic E-state index is 0.0826. The van der Waals surface area contributed by atoms with Crippen LogP contribution >= 0.6 is 0 Å². The zero-order chi connectivity index (χ0) is 20.6. The number of ether oxygens (including phenoxy) is 2. The van der Waals surface area contributed by atoms with Gasteiger partial charge >= 0.3 is 0 Å². The number of nitrogens with zero attached hydrogens (tertiary/aromatic N) is 1. The lowest BCUT2D eigenvalue weighted by molar-refractivity contribution is 0.285. The quantitative estimate of drug-likeness (QED) is 0.442. The van der Waals surface area contributed by atoms with Crippen LogP contribution in [0.3, 0.4) is 0 Å². The molecule has 0 radical (unpaired) electrons. The molecule has 0 fully saturated rings. The van der Waals surface area contributed by atoms with Crippen molar-refractivity contribution in [2.24, 2.45) is 0 Å². The number of allylic oxidation sites excluding steroid dienone is 1. The van der Waals surface area contributed by atoms with E-state index in [1.54, 1.807) is 30.3 Å². The van der Waals surface area contributed by atoms with Crippen LogP contribution in [-0.2, 0) is 9.84 Å². The number of rotatable bonds is 9. The van der Waals surface area contributed by atoms with Gasteiger partial charge in [0.1, 0.15) is 11.0 Å². The van der Waals surface area contributed by atoms with Crippen LogP contribution in [0.1, 0.15) is 37.3 Å². The zero-order valence-electron chi connectivity index (χ0n) is 16.4. The van der Waals surface area contributed by atoms with E-state index in [4.69, 9.17) is 9.47 Å². The molecule has 2 aromatic carbocycles. The fourth-order valence-corrected chi connectivity index (χ4v) is 3.79. The summed E-state index contributed by atoms with van der Waals surface area (Å²) < 4.78 is 37.0. The second-order valence-corrected chi connectivity index (χ2v) is 8.29. The van der Waals surface area contributed by atoms with E-state index in [1.165, 1.54) is 25.3 Å². The van der Waals surface area contributed by atoms with E-state index in [9.17, 15) is 13.7 Å². The molecule has 0 aliphatic heterocycles. The van der Waals surface area contributed by atoms with Gasteiger partial charge in [0.15, 0.2) is 11.5 Å².